The van der Waals surface area contributed by atoms with Crippen LogP contribution in [0, 0.1) is 11.8 Å². The van der Waals surface area contributed by atoms with Gasteiger partial charge in [-0.3, -0.25) is 0 Å². The largest absolute Gasteiger partial charge is 0.371 e. The molecule has 3 heteroatoms. The second-order valence-electron chi connectivity index (χ2n) is 19.7. The Morgan fingerprint density at radius 2 is 0.895 bits per heavy atom. The molecule has 0 aliphatic heterocycles. The molecule has 0 aromatic heterocycles. The summed E-state index contributed by atoms with van der Waals surface area (Å²) in [5.74, 6) is 4.08. The second kappa shape index (κ2) is 19.0. The van der Waals surface area contributed by atoms with E-state index >= 15 is 0 Å². The van der Waals surface area contributed by atoms with E-state index in [0.717, 1.165) is 0 Å². The highest BCUT2D eigenvalue weighted by Gasteiger charge is 2.51. The second-order valence-corrected chi connectivity index (χ2v) is 23.5. The SMILES string of the molecule is CCCCCCS(CCCCCC)(C1c2cccc(-c3ccc(COC(C)(C)C)cc3)c2CC1C)C1c2cccc(-c3ccc(COC(C)(C)C)cc3)c2CC1C. The van der Waals surface area contributed by atoms with Gasteiger partial charge in [0, 0.05) is 10.5 Å². The topological polar surface area (TPSA) is 18.5 Å². The summed E-state index contributed by atoms with van der Waals surface area (Å²) < 4.78 is 12.3. The molecule has 57 heavy (non-hydrogen) atoms. The summed E-state index contributed by atoms with van der Waals surface area (Å²) >= 11 is 0. The first kappa shape index (κ1) is 43.7. The average molecular weight is 789 g/mol. The van der Waals surface area contributed by atoms with Crippen LogP contribution in [0.5, 0.6) is 0 Å². The molecule has 0 saturated heterocycles. The first-order chi connectivity index (χ1) is 27.2. The van der Waals surface area contributed by atoms with Gasteiger partial charge in [-0.05, 0) is 146 Å². The summed E-state index contributed by atoms with van der Waals surface area (Å²) in [6.45, 7) is 24.1. The van der Waals surface area contributed by atoms with Crippen LogP contribution in [0.3, 0.4) is 0 Å². The highest BCUT2D eigenvalue weighted by Crippen LogP contribution is 2.77. The van der Waals surface area contributed by atoms with E-state index in [0.29, 0.717) is 35.5 Å². The number of benzene rings is 4. The zero-order chi connectivity index (χ0) is 40.8. The Kier molecular flexibility index (Phi) is 14.6. The van der Waals surface area contributed by atoms with Gasteiger partial charge in [-0.2, -0.15) is 0 Å². The van der Waals surface area contributed by atoms with Crippen LogP contribution >= 0.6 is 10.0 Å². The maximum atomic E-state index is 6.13. The van der Waals surface area contributed by atoms with Gasteiger partial charge in [0.2, 0.25) is 0 Å². The van der Waals surface area contributed by atoms with E-state index in [-0.39, 0.29) is 11.2 Å². The molecule has 4 atom stereocenters. The zero-order valence-electron chi connectivity index (χ0n) is 37.5. The number of unbranched alkanes of at least 4 members (excludes halogenated alkanes) is 6. The van der Waals surface area contributed by atoms with E-state index in [9.17, 15) is 0 Å². The molecule has 0 saturated carbocycles. The normalized spacial score (nSPS) is 19.8. The minimum atomic E-state index is -1.13. The number of ether oxygens (including phenoxy) is 2. The van der Waals surface area contributed by atoms with Crippen LogP contribution < -0.4 is 0 Å². The summed E-state index contributed by atoms with van der Waals surface area (Å²) in [7, 11) is -1.13. The van der Waals surface area contributed by atoms with Crippen molar-refractivity contribution in [2.24, 2.45) is 11.8 Å². The number of fused-ring (bicyclic) bond motifs is 2. The fourth-order valence-electron chi connectivity index (χ4n) is 10.2. The summed E-state index contributed by atoms with van der Waals surface area (Å²) in [6.07, 6.45) is 13.1. The van der Waals surface area contributed by atoms with E-state index in [1.54, 1.807) is 22.3 Å². The molecule has 0 bridgehead atoms. The molecule has 0 fully saturated rings. The lowest BCUT2D eigenvalue weighted by Gasteiger charge is -2.54. The third-order valence-electron chi connectivity index (χ3n) is 12.8. The molecule has 0 N–H and O–H groups in total. The third-order valence-corrected chi connectivity index (χ3v) is 18.3. The van der Waals surface area contributed by atoms with Crippen molar-refractivity contribution in [1.82, 2.24) is 0 Å². The Balaban J connectivity index is 1.42. The Labute approximate surface area is 350 Å². The summed E-state index contributed by atoms with van der Waals surface area (Å²) in [5, 5.41) is 1.25. The van der Waals surface area contributed by atoms with Crippen molar-refractivity contribution >= 4 is 10.0 Å². The van der Waals surface area contributed by atoms with Gasteiger partial charge in [-0.15, -0.1) is 0 Å². The Morgan fingerprint density at radius 1 is 0.509 bits per heavy atom. The minimum absolute atomic E-state index is 0.141. The molecule has 0 heterocycles. The first-order valence-electron chi connectivity index (χ1n) is 22.7. The number of hydrogen-bond donors (Lipinski definition) is 0. The van der Waals surface area contributed by atoms with Crippen LogP contribution in [0.4, 0.5) is 0 Å². The van der Waals surface area contributed by atoms with Gasteiger partial charge in [-0.25, -0.2) is 10.0 Å². The third kappa shape index (κ3) is 10.5. The quantitative estimate of drug-likeness (QED) is 0.0935. The first-order valence-corrected chi connectivity index (χ1v) is 24.8. The minimum Gasteiger partial charge on any atom is -0.371 e. The van der Waals surface area contributed by atoms with Crippen LogP contribution in [-0.2, 0) is 35.5 Å². The van der Waals surface area contributed by atoms with E-state index in [1.165, 1.54) is 109 Å². The van der Waals surface area contributed by atoms with Crippen molar-refractivity contribution in [3.8, 4) is 22.3 Å². The lowest BCUT2D eigenvalue weighted by Crippen LogP contribution is -2.28. The predicted octanol–water partition coefficient (Wildman–Crippen LogP) is 15.8. The molecule has 310 valence electrons. The zero-order valence-corrected chi connectivity index (χ0v) is 38.3. The van der Waals surface area contributed by atoms with Crippen molar-refractivity contribution in [3.05, 3.63) is 118 Å². The highest BCUT2D eigenvalue weighted by molar-refractivity contribution is 8.34. The molecular weight excluding hydrogens is 713 g/mol. The molecule has 4 aromatic rings. The van der Waals surface area contributed by atoms with Crippen LogP contribution in [0.2, 0.25) is 0 Å². The molecule has 0 radical (unpaired) electrons. The maximum Gasteiger partial charge on any atom is 0.0724 e. The lowest BCUT2D eigenvalue weighted by atomic mass is 9.96. The number of rotatable bonds is 18. The molecule has 6 rings (SSSR count). The molecule has 0 spiro atoms. The summed E-state index contributed by atoms with van der Waals surface area (Å²) in [6, 6.07) is 33.3. The fourth-order valence-corrected chi connectivity index (χ4v) is 16.7. The van der Waals surface area contributed by atoms with Gasteiger partial charge < -0.3 is 9.47 Å². The predicted molar refractivity (Wildman–Crippen MR) is 250 cm³/mol. The van der Waals surface area contributed by atoms with Crippen molar-refractivity contribution in [2.75, 3.05) is 11.5 Å². The van der Waals surface area contributed by atoms with E-state index in [2.05, 4.69) is 154 Å². The molecule has 4 unspecified atom stereocenters. The van der Waals surface area contributed by atoms with Crippen molar-refractivity contribution in [2.45, 2.75) is 168 Å². The molecule has 2 aliphatic carbocycles. The lowest BCUT2D eigenvalue weighted by molar-refractivity contribution is -0.0152. The van der Waals surface area contributed by atoms with Gasteiger partial charge in [0.25, 0.3) is 0 Å². The van der Waals surface area contributed by atoms with Crippen LogP contribution in [-0.4, -0.2) is 22.7 Å². The highest BCUT2D eigenvalue weighted by atomic mass is 32.3. The maximum absolute atomic E-state index is 6.13. The standard InChI is InChI=1S/C54H76O2S/c1-11-13-15-17-33-57(34-18-16-14-12-2,51-39(3)35-49-45(21-19-23-47(49)51)43-29-25-41(26-30-43)37-55-53(5,6)7)52-40(4)36-50-46(22-20-24-48(50)52)44-31-27-42(28-32-44)38-56-54(8,9)10/h19-32,39-40,51-52H,11-18,33-38H2,1-10H3. The Morgan fingerprint density at radius 3 is 1.25 bits per heavy atom. The average Bonchev–Trinajstić information content (AvgIpc) is 3.71. The number of hydrogen-bond acceptors (Lipinski definition) is 2. The van der Waals surface area contributed by atoms with Gasteiger partial charge in [0.1, 0.15) is 0 Å². The van der Waals surface area contributed by atoms with E-state index in [4.69, 9.17) is 9.47 Å². The van der Waals surface area contributed by atoms with Crippen molar-refractivity contribution in [3.63, 3.8) is 0 Å². The van der Waals surface area contributed by atoms with Crippen molar-refractivity contribution < 1.29 is 9.47 Å². The van der Waals surface area contributed by atoms with Gasteiger partial charge >= 0.3 is 0 Å². The molecule has 2 nitrogen and oxygen atoms in total. The van der Waals surface area contributed by atoms with Crippen LogP contribution in [0.1, 0.15) is 164 Å². The van der Waals surface area contributed by atoms with Crippen LogP contribution in [0.25, 0.3) is 22.3 Å². The monoisotopic (exact) mass is 789 g/mol. The van der Waals surface area contributed by atoms with Crippen molar-refractivity contribution in [1.29, 1.82) is 0 Å². The van der Waals surface area contributed by atoms with Gasteiger partial charge in [0.15, 0.2) is 0 Å². The van der Waals surface area contributed by atoms with E-state index in [1.807, 2.05) is 0 Å². The molecule has 2 aliphatic rings. The van der Waals surface area contributed by atoms with Gasteiger partial charge in [-0.1, -0.05) is 151 Å². The van der Waals surface area contributed by atoms with Crippen LogP contribution in [0.15, 0.2) is 84.9 Å². The smallest absolute Gasteiger partial charge is 0.0724 e. The van der Waals surface area contributed by atoms with E-state index < -0.39 is 10.0 Å². The van der Waals surface area contributed by atoms with Gasteiger partial charge in [0.05, 0.1) is 24.4 Å². The summed E-state index contributed by atoms with van der Waals surface area (Å²) in [5.41, 5.74) is 14.4. The Hall–Kier alpha value is -2.85. The molecular formula is C54H76O2S. The molecule has 0 amide bonds. The fraction of sp³-hybridized carbons (Fsp3) is 0.556. The molecule has 4 aromatic carbocycles. The Bertz CT molecular complexity index is 1740. The summed E-state index contributed by atoms with van der Waals surface area (Å²) in [4.78, 5) is 0.